The third-order valence-electron chi connectivity index (χ3n) is 5.01. The van der Waals surface area contributed by atoms with Gasteiger partial charge in [0.15, 0.2) is 5.16 Å². The Balaban J connectivity index is 1.76. The van der Waals surface area contributed by atoms with Crippen LogP contribution in [0.3, 0.4) is 0 Å². The topological polar surface area (TPSA) is 73.2 Å². The van der Waals surface area contributed by atoms with Crippen LogP contribution in [-0.4, -0.2) is 27.8 Å². The number of benzene rings is 3. The number of thioether (sulfide) groups is 1. The number of fused-ring (bicyclic) bond motifs is 1. The molecule has 0 saturated heterocycles. The highest BCUT2D eigenvalue weighted by molar-refractivity contribution is 8.00. The number of nitrogens with one attached hydrogen (secondary N) is 1. The third kappa shape index (κ3) is 4.38. The molecule has 1 aromatic heterocycles. The van der Waals surface area contributed by atoms with Crippen LogP contribution in [0.2, 0.25) is 0 Å². The van der Waals surface area contributed by atoms with Gasteiger partial charge in [0.1, 0.15) is 5.75 Å². The van der Waals surface area contributed by atoms with Crippen molar-refractivity contribution in [2.75, 3.05) is 12.4 Å². The predicted octanol–water partition coefficient (Wildman–Crippen LogP) is 4.82. The van der Waals surface area contributed by atoms with Crippen molar-refractivity contribution >= 4 is 34.3 Å². The summed E-state index contributed by atoms with van der Waals surface area (Å²) in [7, 11) is 1.56. The summed E-state index contributed by atoms with van der Waals surface area (Å²) in [4.78, 5) is 31.0. The van der Waals surface area contributed by atoms with Gasteiger partial charge >= 0.3 is 0 Å². The van der Waals surface area contributed by atoms with Crippen LogP contribution in [0, 0.1) is 6.92 Å². The van der Waals surface area contributed by atoms with Crippen LogP contribution in [0.25, 0.3) is 16.6 Å². The number of rotatable bonds is 6. The van der Waals surface area contributed by atoms with Crippen LogP contribution in [0.4, 0.5) is 5.69 Å². The highest BCUT2D eigenvalue weighted by Gasteiger charge is 2.21. The molecule has 162 valence electrons. The SMILES string of the molecule is COc1ccccc1-n1c(SC(C)C(=O)Nc2cccc(C)c2)nc2ccccc2c1=O. The van der Waals surface area contributed by atoms with Crippen molar-refractivity contribution in [2.45, 2.75) is 24.3 Å². The summed E-state index contributed by atoms with van der Waals surface area (Å²) < 4.78 is 7.00. The molecule has 0 aliphatic rings. The molecule has 0 saturated carbocycles. The number of hydrogen-bond acceptors (Lipinski definition) is 5. The van der Waals surface area contributed by atoms with Gasteiger partial charge in [0.25, 0.3) is 5.56 Å². The van der Waals surface area contributed by atoms with Crippen LogP contribution < -0.4 is 15.6 Å². The minimum atomic E-state index is -0.496. The Bertz CT molecular complexity index is 1350. The summed E-state index contributed by atoms with van der Waals surface area (Å²) in [5, 5.41) is 3.36. The first-order valence-corrected chi connectivity index (χ1v) is 11.1. The summed E-state index contributed by atoms with van der Waals surface area (Å²) in [5.41, 5.74) is 2.73. The largest absolute Gasteiger partial charge is 0.495 e. The maximum absolute atomic E-state index is 13.5. The van der Waals surface area contributed by atoms with E-state index < -0.39 is 5.25 Å². The van der Waals surface area contributed by atoms with E-state index in [0.29, 0.717) is 27.5 Å². The van der Waals surface area contributed by atoms with Crippen LogP contribution in [0.15, 0.2) is 82.7 Å². The fourth-order valence-corrected chi connectivity index (χ4v) is 4.32. The first kappa shape index (κ1) is 21.6. The average Bonchev–Trinajstić information content (AvgIpc) is 2.79. The van der Waals surface area contributed by atoms with E-state index in [-0.39, 0.29) is 11.5 Å². The van der Waals surface area contributed by atoms with Crippen molar-refractivity contribution in [1.29, 1.82) is 0 Å². The average molecular weight is 446 g/mol. The molecule has 6 nitrogen and oxygen atoms in total. The molecular formula is C25H23N3O3S. The first-order valence-electron chi connectivity index (χ1n) is 10.2. The Morgan fingerprint density at radius 2 is 1.81 bits per heavy atom. The normalized spacial score (nSPS) is 11.8. The number of aromatic nitrogens is 2. The summed E-state index contributed by atoms with van der Waals surface area (Å²) in [5.74, 6) is 0.375. The lowest BCUT2D eigenvalue weighted by Gasteiger charge is -2.18. The molecule has 1 N–H and O–H groups in total. The Morgan fingerprint density at radius 3 is 2.59 bits per heavy atom. The molecule has 1 unspecified atom stereocenters. The number of aryl methyl sites for hydroxylation is 1. The van der Waals surface area contributed by atoms with Gasteiger partial charge in [-0.25, -0.2) is 4.98 Å². The number of hydrogen-bond donors (Lipinski definition) is 1. The standard InChI is InChI=1S/C25H23N3O3S/c1-16-9-8-10-18(15-16)26-23(29)17(2)32-25-27-20-12-5-4-11-19(20)24(30)28(25)21-13-6-7-14-22(21)31-3/h4-15,17H,1-3H3,(H,26,29). The molecule has 1 heterocycles. The van der Waals surface area contributed by atoms with Crippen molar-refractivity contribution in [3.8, 4) is 11.4 Å². The molecule has 0 fully saturated rings. The number of amides is 1. The number of para-hydroxylation sites is 3. The molecule has 7 heteroatoms. The molecule has 1 amide bonds. The summed E-state index contributed by atoms with van der Waals surface area (Å²) >= 11 is 1.23. The molecule has 4 rings (SSSR count). The van der Waals surface area contributed by atoms with Gasteiger partial charge in [0.05, 0.1) is 29.0 Å². The molecule has 4 aromatic rings. The minimum absolute atomic E-state index is 0.172. The van der Waals surface area contributed by atoms with Gasteiger partial charge in [-0.2, -0.15) is 0 Å². The van der Waals surface area contributed by atoms with E-state index in [1.807, 2.05) is 55.5 Å². The Hall–Kier alpha value is -3.58. The predicted molar refractivity (Wildman–Crippen MR) is 129 cm³/mol. The number of methoxy groups -OCH3 is 1. The van der Waals surface area contributed by atoms with Crippen molar-refractivity contribution in [2.24, 2.45) is 0 Å². The molecule has 3 aromatic carbocycles. The Labute approximate surface area is 190 Å². The molecular weight excluding hydrogens is 422 g/mol. The second kappa shape index (κ2) is 9.28. The van der Waals surface area contributed by atoms with E-state index in [9.17, 15) is 9.59 Å². The lowest BCUT2D eigenvalue weighted by Crippen LogP contribution is -2.26. The highest BCUT2D eigenvalue weighted by atomic mass is 32.2. The Morgan fingerprint density at radius 1 is 1.06 bits per heavy atom. The number of ether oxygens (including phenoxy) is 1. The molecule has 0 bridgehead atoms. The number of carbonyl (C=O) groups is 1. The van der Waals surface area contributed by atoms with Gasteiger partial charge in [-0.15, -0.1) is 0 Å². The van der Waals surface area contributed by atoms with E-state index in [2.05, 4.69) is 5.32 Å². The van der Waals surface area contributed by atoms with Crippen molar-refractivity contribution in [3.63, 3.8) is 0 Å². The zero-order valence-corrected chi connectivity index (χ0v) is 18.8. The molecule has 0 spiro atoms. The summed E-state index contributed by atoms with van der Waals surface area (Å²) in [6, 6.07) is 22.1. The highest BCUT2D eigenvalue weighted by Crippen LogP contribution is 2.29. The second-order valence-corrected chi connectivity index (χ2v) is 8.65. The summed E-state index contributed by atoms with van der Waals surface area (Å²) in [6.45, 7) is 3.77. The zero-order valence-electron chi connectivity index (χ0n) is 18.0. The van der Waals surface area contributed by atoms with E-state index >= 15 is 0 Å². The van der Waals surface area contributed by atoms with Crippen molar-refractivity contribution in [3.05, 3.63) is 88.7 Å². The lowest BCUT2D eigenvalue weighted by atomic mass is 10.2. The van der Waals surface area contributed by atoms with Gasteiger partial charge < -0.3 is 10.1 Å². The molecule has 1 atom stereocenters. The number of nitrogens with zero attached hydrogens (tertiary/aromatic N) is 2. The number of anilines is 1. The maximum atomic E-state index is 13.5. The fourth-order valence-electron chi connectivity index (χ4n) is 3.40. The first-order chi connectivity index (χ1) is 15.5. The minimum Gasteiger partial charge on any atom is -0.495 e. The van der Waals surface area contributed by atoms with Crippen LogP contribution >= 0.6 is 11.8 Å². The Kier molecular flexibility index (Phi) is 6.28. The van der Waals surface area contributed by atoms with Gasteiger partial charge in [-0.3, -0.25) is 14.2 Å². The van der Waals surface area contributed by atoms with E-state index in [1.165, 1.54) is 16.3 Å². The fraction of sp³-hybridized carbons (Fsp3) is 0.160. The monoisotopic (exact) mass is 445 g/mol. The van der Waals surface area contributed by atoms with Gasteiger partial charge in [0.2, 0.25) is 5.91 Å². The van der Waals surface area contributed by atoms with Gasteiger partial charge in [-0.1, -0.05) is 48.2 Å². The quantitative estimate of drug-likeness (QED) is 0.340. The lowest BCUT2D eigenvalue weighted by molar-refractivity contribution is -0.115. The number of carbonyl (C=O) groups excluding carboxylic acids is 1. The molecule has 0 aliphatic heterocycles. The van der Waals surface area contributed by atoms with E-state index in [4.69, 9.17) is 9.72 Å². The van der Waals surface area contributed by atoms with Crippen LogP contribution in [-0.2, 0) is 4.79 Å². The zero-order chi connectivity index (χ0) is 22.7. The molecule has 32 heavy (non-hydrogen) atoms. The van der Waals surface area contributed by atoms with Crippen molar-refractivity contribution < 1.29 is 9.53 Å². The summed E-state index contributed by atoms with van der Waals surface area (Å²) in [6.07, 6.45) is 0. The molecule has 0 radical (unpaired) electrons. The van der Waals surface area contributed by atoms with Gasteiger partial charge in [-0.05, 0) is 55.8 Å². The van der Waals surface area contributed by atoms with E-state index in [1.54, 1.807) is 38.3 Å². The molecule has 0 aliphatic carbocycles. The van der Waals surface area contributed by atoms with Crippen LogP contribution in [0.1, 0.15) is 12.5 Å². The van der Waals surface area contributed by atoms with Gasteiger partial charge in [0, 0.05) is 5.69 Å². The van der Waals surface area contributed by atoms with E-state index in [0.717, 1.165) is 11.3 Å². The maximum Gasteiger partial charge on any atom is 0.266 e. The van der Waals surface area contributed by atoms with Crippen molar-refractivity contribution in [1.82, 2.24) is 9.55 Å². The smallest absolute Gasteiger partial charge is 0.266 e. The third-order valence-corrected chi connectivity index (χ3v) is 6.06. The second-order valence-electron chi connectivity index (χ2n) is 7.34. The van der Waals surface area contributed by atoms with Crippen LogP contribution in [0.5, 0.6) is 5.75 Å².